The van der Waals surface area contributed by atoms with Crippen molar-refractivity contribution in [1.29, 1.82) is 0 Å². The summed E-state index contributed by atoms with van der Waals surface area (Å²) in [5, 5.41) is 9.21. The van der Waals surface area contributed by atoms with Crippen molar-refractivity contribution in [3.05, 3.63) is 24.3 Å². The predicted octanol–water partition coefficient (Wildman–Crippen LogP) is 0.443. The van der Waals surface area contributed by atoms with Crippen LogP contribution in [-0.4, -0.2) is 55.3 Å². The highest BCUT2D eigenvalue weighted by molar-refractivity contribution is 6.00. The van der Waals surface area contributed by atoms with Gasteiger partial charge in [0.25, 0.3) is 5.91 Å². The molecule has 1 fully saturated rings. The van der Waals surface area contributed by atoms with Crippen LogP contribution in [0.15, 0.2) is 24.3 Å². The zero-order chi connectivity index (χ0) is 19.5. The zero-order valence-corrected chi connectivity index (χ0v) is 12.2. The van der Waals surface area contributed by atoms with E-state index >= 15 is 0 Å². The van der Waals surface area contributed by atoms with Crippen LogP contribution in [0.2, 0.25) is 0 Å². The van der Waals surface area contributed by atoms with Gasteiger partial charge in [0, 0.05) is 25.2 Å². The van der Waals surface area contributed by atoms with E-state index in [0.29, 0.717) is 5.69 Å². The molecule has 0 spiro atoms. The van der Waals surface area contributed by atoms with Crippen molar-refractivity contribution in [2.45, 2.75) is 19.1 Å². The highest BCUT2D eigenvalue weighted by Gasteiger charge is 2.42. The molecule has 1 amide bonds. The minimum absolute atomic E-state index is 0.00576. The van der Waals surface area contributed by atoms with E-state index in [0.717, 1.165) is 6.92 Å². The average Bonchev–Trinajstić information content (AvgIpc) is 2.51. The summed E-state index contributed by atoms with van der Waals surface area (Å²) in [6.45, 7) is 1.14. The van der Waals surface area contributed by atoms with Crippen LogP contribution >= 0.6 is 0 Å². The molecular weight excluding hydrogens is 306 g/mol. The Morgan fingerprint density at radius 3 is 2.96 bits per heavy atom. The van der Waals surface area contributed by atoms with E-state index in [4.69, 9.17) is 13.6 Å². The third-order valence-corrected chi connectivity index (χ3v) is 3.18. The first-order valence-corrected chi connectivity index (χ1v) is 6.70. The van der Waals surface area contributed by atoms with E-state index in [2.05, 4.69) is 4.74 Å². The Balaban J connectivity index is 2.25. The average molecular weight is 326 g/mol. The Morgan fingerprint density at radius 1 is 1.52 bits per heavy atom. The van der Waals surface area contributed by atoms with Crippen LogP contribution in [0, 0.1) is 0 Å². The Hall–Kier alpha value is -2.61. The van der Waals surface area contributed by atoms with Crippen molar-refractivity contribution >= 4 is 23.5 Å². The zero-order valence-electron chi connectivity index (χ0n) is 15.2. The number of morpholine rings is 1. The van der Waals surface area contributed by atoms with Crippen molar-refractivity contribution in [3.63, 3.8) is 0 Å². The number of benzene rings is 1. The monoisotopic (exact) mass is 326 g/mol. The van der Waals surface area contributed by atoms with Gasteiger partial charge in [-0.15, -0.1) is 0 Å². The van der Waals surface area contributed by atoms with Crippen molar-refractivity contribution < 1.29 is 37.8 Å². The van der Waals surface area contributed by atoms with E-state index in [-0.39, 0.29) is 18.9 Å². The number of nitrogens with zero attached hydrogens (tertiary/aromatic N) is 1. The molecule has 0 aliphatic carbocycles. The fourth-order valence-electron chi connectivity index (χ4n) is 2.21. The Morgan fingerprint density at radius 2 is 2.30 bits per heavy atom. The first-order valence-electron chi connectivity index (χ1n) is 8.20. The minimum Gasteiger partial charge on any atom is -0.497 e. The second-order valence-corrected chi connectivity index (χ2v) is 4.75. The number of rotatable bonds is 5. The molecule has 1 heterocycles. The van der Waals surface area contributed by atoms with Crippen LogP contribution in [-0.2, 0) is 23.9 Å². The highest BCUT2D eigenvalue weighted by Crippen LogP contribution is 2.25. The highest BCUT2D eigenvalue weighted by atomic mass is 16.6. The molecule has 8 nitrogen and oxygen atoms in total. The van der Waals surface area contributed by atoms with Gasteiger partial charge in [0.15, 0.2) is 6.10 Å². The van der Waals surface area contributed by atoms with Crippen LogP contribution < -0.4 is 9.64 Å². The number of amides is 1. The molecule has 0 saturated carbocycles. The van der Waals surface area contributed by atoms with Gasteiger partial charge in [0.05, 0.1) is 17.8 Å². The summed E-state index contributed by atoms with van der Waals surface area (Å²) >= 11 is 0. The summed E-state index contributed by atoms with van der Waals surface area (Å²) in [5.74, 6) is -3.08. The van der Waals surface area contributed by atoms with Gasteiger partial charge in [-0.1, -0.05) is 6.07 Å². The minimum atomic E-state index is -2.65. The van der Waals surface area contributed by atoms with Gasteiger partial charge < -0.3 is 24.2 Å². The lowest BCUT2D eigenvalue weighted by molar-refractivity contribution is -0.177. The van der Waals surface area contributed by atoms with Crippen molar-refractivity contribution in [2.24, 2.45) is 0 Å². The van der Waals surface area contributed by atoms with Crippen LogP contribution in [0.4, 0.5) is 5.69 Å². The number of hydrogen-bond acceptors (Lipinski definition) is 6. The third kappa shape index (κ3) is 3.78. The van der Waals surface area contributed by atoms with E-state index in [1.165, 1.54) is 29.2 Å². The smallest absolute Gasteiger partial charge is 0.348 e. The van der Waals surface area contributed by atoms with Crippen molar-refractivity contribution in [2.75, 3.05) is 25.1 Å². The third-order valence-electron chi connectivity index (χ3n) is 3.18. The van der Waals surface area contributed by atoms with Crippen LogP contribution in [0.25, 0.3) is 0 Å². The van der Waals surface area contributed by atoms with Crippen LogP contribution in [0.3, 0.4) is 0 Å². The van der Waals surface area contributed by atoms with E-state index in [9.17, 15) is 19.5 Å². The normalized spacial score (nSPS) is 21.6. The summed E-state index contributed by atoms with van der Waals surface area (Å²) in [7, 11) is -2.65. The SMILES string of the molecule is [2H]C([2H])([2H])Oc1cccc(N2CCO[C@H]([C@@H](OC(C)=O)C(=O)O)C2=O)c1. The largest absolute Gasteiger partial charge is 0.497 e. The molecule has 1 aliphatic heterocycles. The van der Waals surface area contributed by atoms with E-state index in [1.54, 1.807) is 0 Å². The standard InChI is InChI=1S/C15H17NO7/c1-9(17)23-13(15(19)20)12-14(18)16(6-7-22-12)10-4-3-5-11(8-10)21-2/h3-5,8,12-13H,6-7H2,1-2H3,(H,19,20)/t12-,13-/m1/s1/i2D3. The molecule has 1 aromatic carbocycles. The second-order valence-electron chi connectivity index (χ2n) is 4.75. The number of carbonyl (C=O) groups is 3. The first-order chi connectivity index (χ1) is 12.1. The lowest BCUT2D eigenvalue weighted by Gasteiger charge is -2.34. The van der Waals surface area contributed by atoms with Gasteiger partial charge >= 0.3 is 11.9 Å². The summed E-state index contributed by atoms with van der Waals surface area (Å²) < 4.78 is 36.1. The Bertz CT molecular complexity index is 707. The van der Waals surface area contributed by atoms with Crippen LogP contribution in [0.1, 0.15) is 11.0 Å². The van der Waals surface area contributed by atoms with Gasteiger partial charge in [0.1, 0.15) is 5.75 Å². The first kappa shape index (κ1) is 12.9. The molecule has 0 unspecified atom stereocenters. The molecule has 0 aromatic heterocycles. The number of carboxylic acids is 1. The van der Waals surface area contributed by atoms with E-state index < -0.39 is 37.1 Å². The molecule has 0 radical (unpaired) electrons. The molecule has 124 valence electrons. The summed E-state index contributed by atoms with van der Waals surface area (Å²) in [5.41, 5.74) is 0.303. The maximum Gasteiger partial charge on any atom is 0.348 e. The van der Waals surface area contributed by atoms with Crippen molar-refractivity contribution in [1.82, 2.24) is 0 Å². The molecule has 1 N–H and O–H groups in total. The van der Waals surface area contributed by atoms with E-state index in [1.807, 2.05) is 0 Å². The maximum atomic E-state index is 12.6. The molecule has 0 bridgehead atoms. The molecule has 1 aromatic rings. The number of anilines is 1. The number of esters is 1. The van der Waals surface area contributed by atoms with Crippen molar-refractivity contribution in [3.8, 4) is 5.75 Å². The van der Waals surface area contributed by atoms with Gasteiger partial charge in [-0.3, -0.25) is 9.59 Å². The van der Waals surface area contributed by atoms with Gasteiger partial charge in [0.2, 0.25) is 6.10 Å². The predicted molar refractivity (Wildman–Crippen MR) is 78.3 cm³/mol. The summed E-state index contributed by atoms with van der Waals surface area (Å²) in [6.07, 6.45) is -3.30. The molecule has 2 rings (SSSR count). The van der Waals surface area contributed by atoms with Gasteiger partial charge in [-0.25, -0.2) is 4.79 Å². The number of ether oxygens (including phenoxy) is 3. The lowest BCUT2D eigenvalue weighted by Crippen LogP contribution is -2.55. The van der Waals surface area contributed by atoms with Gasteiger partial charge in [-0.2, -0.15) is 0 Å². The summed E-state index contributed by atoms with van der Waals surface area (Å²) in [6, 6.07) is 5.79. The fourth-order valence-corrected chi connectivity index (χ4v) is 2.21. The van der Waals surface area contributed by atoms with Crippen LogP contribution in [0.5, 0.6) is 5.75 Å². The number of carbonyl (C=O) groups excluding carboxylic acids is 2. The number of carboxylic acid groups (broad SMARTS) is 1. The molecule has 1 aliphatic rings. The number of methoxy groups -OCH3 is 1. The topological polar surface area (TPSA) is 102 Å². The van der Waals surface area contributed by atoms with Gasteiger partial charge in [-0.05, 0) is 12.1 Å². The number of aliphatic carboxylic acids is 1. The molecule has 8 heteroatoms. The summed E-state index contributed by atoms with van der Waals surface area (Å²) in [4.78, 5) is 36.3. The fraction of sp³-hybridized carbons (Fsp3) is 0.400. The lowest BCUT2D eigenvalue weighted by atomic mass is 10.1. The molecule has 1 saturated heterocycles. The number of hydrogen-bond donors (Lipinski definition) is 1. The molecule has 2 atom stereocenters. The second kappa shape index (κ2) is 7.10. The maximum absolute atomic E-state index is 12.6. The quantitative estimate of drug-likeness (QED) is 0.783. The Labute approximate surface area is 136 Å². The molecular formula is C15H17NO7. The Kier molecular flexibility index (Phi) is 3.98. The molecule has 23 heavy (non-hydrogen) atoms.